The lowest BCUT2D eigenvalue weighted by molar-refractivity contribution is -0.127. The van der Waals surface area contributed by atoms with Crippen LogP contribution < -0.4 is 4.74 Å². The van der Waals surface area contributed by atoms with Crippen molar-refractivity contribution in [3.63, 3.8) is 0 Å². The molecule has 2 aliphatic carbocycles. The lowest BCUT2D eigenvalue weighted by Gasteiger charge is -2.24. The standard InChI is InChI=1S/C20H25NO3/c1-24-17-4-2-3-15(9-17)19-10-16(22)12-21(19)20(23)11-18(13-5-6-13)14-7-8-14/h2-4,9,11,13-14,16,19,22H,5-8,10,12H2,1H3/t16-,19+/m1/s1. The monoisotopic (exact) mass is 327 g/mol. The summed E-state index contributed by atoms with van der Waals surface area (Å²) in [4.78, 5) is 14.7. The van der Waals surface area contributed by atoms with E-state index in [1.165, 1.54) is 31.3 Å². The van der Waals surface area contributed by atoms with Crippen LogP contribution in [-0.4, -0.2) is 35.7 Å². The maximum Gasteiger partial charge on any atom is 0.247 e. The van der Waals surface area contributed by atoms with Crippen molar-refractivity contribution >= 4 is 5.91 Å². The fourth-order valence-electron chi connectivity index (χ4n) is 3.85. The van der Waals surface area contributed by atoms with E-state index >= 15 is 0 Å². The summed E-state index contributed by atoms with van der Waals surface area (Å²) in [7, 11) is 1.64. The molecule has 2 saturated carbocycles. The minimum Gasteiger partial charge on any atom is -0.497 e. The SMILES string of the molecule is COc1cccc([C@@H]2C[C@@H](O)CN2C(=O)C=C(C2CC2)C2CC2)c1. The number of ether oxygens (including phenoxy) is 1. The molecule has 0 spiro atoms. The van der Waals surface area contributed by atoms with E-state index in [9.17, 15) is 9.90 Å². The number of carbonyl (C=O) groups is 1. The Labute approximate surface area is 143 Å². The number of carbonyl (C=O) groups excluding carboxylic acids is 1. The van der Waals surface area contributed by atoms with Gasteiger partial charge in [-0.1, -0.05) is 17.7 Å². The summed E-state index contributed by atoms with van der Waals surface area (Å²) in [6, 6.07) is 7.75. The van der Waals surface area contributed by atoms with E-state index in [0.29, 0.717) is 24.8 Å². The molecule has 4 nitrogen and oxygen atoms in total. The molecule has 0 radical (unpaired) electrons. The van der Waals surface area contributed by atoms with Gasteiger partial charge in [-0.2, -0.15) is 0 Å². The molecule has 4 rings (SSSR count). The highest BCUT2D eigenvalue weighted by atomic mass is 16.5. The van der Waals surface area contributed by atoms with Crippen molar-refractivity contribution in [1.82, 2.24) is 4.90 Å². The van der Waals surface area contributed by atoms with Gasteiger partial charge in [-0.05, 0) is 61.6 Å². The van der Waals surface area contributed by atoms with Gasteiger partial charge in [0.1, 0.15) is 5.75 Å². The number of rotatable bonds is 5. The van der Waals surface area contributed by atoms with Crippen LogP contribution in [0.1, 0.15) is 43.7 Å². The Balaban J connectivity index is 1.57. The van der Waals surface area contributed by atoms with Gasteiger partial charge in [0.15, 0.2) is 0 Å². The average molecular weight is 327 g/mol. The Kier molecular flexibility index (Phi) is 4.09. The molecule has 128 valence electrons. The van der Waals surface area contributed by atoms with Crippen molar-refractivity contribution in [2.24, 2.45) is 11.8 Å². The van der Waals surface area contributed by atoms with Gasteiger partial charge < -0.3 is 14.7 Å². The normalized spacial score (nSPS) is 26.3. The van der Waals surface area contributed by atoms with E-state index < -0.39 is 6.10 Å². The van der Waals surface area contributed by atoms with Gasteiger partial charge in [-0.25, -0.2) is 0 Å². The van der Waals surface area contributed by atoms with Crippen LogP contribution in [0.15, 0.2) is 35.9 Å². The molecule has 24 heavy (non-hydrogen) atoms. The fourth-order valence-corrected chi connectivity index (χ4v) is 3.85. The lowest BCUT2D eigenvalue weighted by Crippen LogP contribution is -2.30. The first-order chi connectivity index (χ1) is 11.7. The third kappa shape index (κ3) is 3.20. The van der Waals surface area contributed by atoms with E-state index in [-0.39, 0.29) is 11.9 Å². The summed E-state index contributed by atoms with van der Waals surface area (Å²) in [6.07, 6.45) is 6.96. The van der Waals surface area contributed by atoms with Gasteiger partial charge in [0.05, 0.1) is 19.3 Å². The van der Waals surface area contributed by atoms with Crippen LogP contribution >= 0.6 is 0 Å². The number of likely N-dealkylation sites (tertiary alicyclic amines) is 1. The molecule has 0 aromatic heterocycles. The zero-order valence-electron chi connectivity index (χ0n) is 14.1. The quantitative estimate of drug-likeness (QED) is 0.846. The highest BCUT2D eigenvalue weighted by molar-refractivity contribution is 5.89. The molecule has 0 bridgehead atoms. The average Bonchev–Trinajstić information content (AvgIpc) is 3.50. The Bertz CT molecular complexity index is 647. The third-order valence-corrected chi connectivity index (χ3v) is 5.43. The number of nitrogens with zero attached hydrogens (tertiary/aromatic N) is 1. The highest BCUT2D eigenvalue weighted by Gasteiger charge is 2.39. The second-order valence-corrected chi connectivity index (χ2v) is 7.37. The molecule has 1 saturated heterocycles. The van der Waals surface area contributed by atoms with Gasteiger partial charge in [0.25, 0.3) is 0 Å². The number of hydrogen-bond acceptors (Lipinski definition) is 3. The van der Waals surface area contributed by atoms with Gasteiger partial charge in [0, 0.05) is 12.6 Å². The first-order valence-electron chi connectivity index (χ1n) is 9.00. The molecule has 1 heterocycles. The van der Waals surface area contributed by atoms with E-state index in [1.54, 1.807) is 7.11 Å². The smallest absolute Gasteiger partial charge is 0.247 e. The topological polar surface area (TPSA) is 49.8 Å². The number of β-amino-alcohol motifs (C(OH)–C–C–N with tert-alkyl or cyclic N) is 1. The van der Waals surface area contributed by atoms with Crippen LogP contribution in [0.5, 0.6) is 5.75 Å². The molecule has 3 fully saturated rings. The third-order valence-electron chi connectivity index (χ3n) is 5.43. The number of allylic oxidation sites excluding steroid dienone is 1. The van der Waals surface area contributed by atoms with Crippen molar-refractivity contribution in [2.75, 3.05) is 13.7 Å². The largest absolute Gasteiger partial charge is 0.497 e. The van der Waals surface area contributed by atoms with Gasteiger partial charge in [-0.15, -0.1) is 0 Å². The first-order valence-corrected chi connectivity index (χ1v) is 9.00. The van der Waals surface area contributed by atoms with Crippen molar-refractivity contribution in [2.45, 2.75) is 44.2 Å². The van der Waals surface area contributed by atoms with E-state index in [0.717, 1.165) is 11.3 Å². The Morgan fingerprint density at radius 2 is 1.96 bits per heavy atom. The van der Waals surface area contributed by atoms with Crippen LogP contribution in [0.2, 0.25) is 0 Å². The zero-order chi connectivity index (χ0) is 16.7. The Morgan fingerprint density at radius 1 is 1.25 bits per heavy atom. The molecule has 1 aromatic carbocycles. The highest BCUT2D eigenvalue weighted by Crippen LogP contribution is 2.49. The summed E-state index contributed by atoms with van der Waals surface area (Å²) < 4.78 is 5.30. The van der Waals surface area contributed by atoms with Crippen LogP contribution in [0.25, 0.3) is 0 Å². The van der Waals surface area contributed by atoms with Crippen molar-refractivity contribution < 1.29 is 14.6 Å². The molecule has 1 aromatic rings. The number of amides is 1. The van der Waals surface area contributed by atoms with Crippen molar-refractivity contribution in [3.05, 3.63) is 41.5 Å². The second-order valence-electron chi connectivity index (χ2n) is 7.37. The van der Waals surface area contributed by atoms with Gasteiger partial charge >= 0.3 is 0 Å². The number of methoxy groups -OCH3 is 1. The van der Waals surface area contributed by atoms with Crippen molar-refractivity contribution in [1.29, 1.82) is 0 Å². The first kappa shape index (κ1) is 15.7. The van der Waals surface area contributed by atoms with Crippen LogP contribution in [-0.2, 0) is 4.79 Å². The maximum atomic E-state index is 12.9. The lowest BCUT2D eigenvalue weighted by atomic mass is 10.0. The summed E-state index contributed by atoms with van der Waals surface area (Å²) in [5, 5.41) is 10.1. The summed E-state index contributed by atoms with van der Waals surface area (Å²) in [5.74, 6) is 2.13. The molecule has 1 N–H and O–H groups in total. The van der Waals surface area contributed by atoms with Crippen molar-refractivity contribution in [3.8, 4) is 5.75 Å². The number of hydrogen-bond donors (Lipinski definition) is 1. The molecule has 0 unspecified atom stereocenters. The van der Waals surface area contributed by atoms with E-state index in [2.05, 4.69) is 0 Å². The number of benzene rings is 1. The Morgan fingerprint density at radius 3 is 2.58 bits per heavy atom. The molecule has 1 aliphatic heterocycles. The summed E-state index contributed by atoms with van der Waals surface area (Å²) >= 11 is 0. The Hall–Kier alpha value is -1.81. The van der Waals surface area contributed by atoms with Crippen LogP contribution in [0, 0.1) is 11.8 Å². The molecule has 2 atom stereocenters. The molecular formula is C20H25NO3. The van der Waals surface area contributed by atoms with E-state index in [1.807, 2.05) is 35.2 Å². The molecule has 4 heteroatoms. The van der Waals surface area contributed by atoms with Crippen LogP contribution in [0.4, 0.5) is 0 Å². The zero-order valence-corrected chi connectivity index (χ0v) is 14.1. The van der Waals surface area contributed by atoms with Gasteiger partial charge in [-0.3, -0.25) is 4.79 Å². The predicted octanol–water partition coefficient (Wildman–Crippen LogP) is 3.08. The van der Waals surface area contributed by atoms with Gasteiger partial charge in [0.2, 0.25) is 5.91 Å². The summed E-state index contributed by atoms with van der Waals surface area (Å²) in [6.45, 7) is 0.416. The van der Waals surface area contributed by atoms with E-state index in [4.69, 9.17) is 4.74 Å². The number of aliphatic hydroxyl groups excluding tert-OH is 1. The molecule has 3 aliphatic rings. The fraction of sp³-hybridized carbons (Fsp3) is 0.550. The molecule has 1 amide bonds. The molecular weight excluding hydrogens is 302 g/mol. The minimum absolute atomic E-state index is 0.0631. The number of aliphatic hydroxyl groups is 1. The maximum absolute atomic E-state index is 12.9. The predicted molar refractivity (Wildman–Crippen MR) is 91.6 cm³/mol. The summed E-state index contributed by atoms with van der Waals surface area (Å²) in [5.41, 5.74) is 2.40. The minimum atomic E-state index is -0.455. The van der Waals surface area contributed by atoms with Crippen LogP contribution in [0.3, 0.4) is 0 Å². The second kappa shape index (κ2) is 6.25.